The number of phenols is 2. The van der Waals surface area contributed by atoms with Gasteiger partial charge in [0.15, 0.2) is 0 Å². The van der Waals surface area contributed by atoms with Gasteiger partial charge in [-0.3, -0.25) is 91.2 Å². The molecule has 0 spiro atoms. The van der Waals surface area contributed by atoms with Gasteiger partial charge >= 0.3 is 30.0 Å². The number of carboxylic acids is 4. The number of thiophene rings is 1. The molecule has 16 atom stereocenters. The molecule has 4 aromatic carbocycles. The van der Waals surface area contributed by atoms with Crippen LogP contribution in [-0.2, 0) is 144 Å². The monoisotopic (exact) mass is 2160 g/mol. The van der Waals surface area contributed by atoms with Crippen molar-refractivity contribution in [2.45, 2.75) is 181 Å². The third kappa shape index (κ3) is 33.9. The Morgan fingerprint density at radius 2 is 0.927 bits per heavy atom. The molecule has 150 heavy (non-hydrogen) atoms. The van der Waals surface area contributed by atoms with Crippen LogP contribution in [0.5, 0.6) is 11.5 Å². The molecule has 56 heteroatoms. The summed E-state index contributed by atoms with van der Waals surface area (Å²) in [6.45, 7) is 3.24. The number of thioether (sulfide) groups is 1. The van der Waals surface area contributed by atoms with Gasteiger partial charge in [-0.05, 0) is 75.9 Å². The van der Waals surface area contributed by atoms with E-state index in [1.54, 1.807) is 48.5 Å². The van der Waals surface area contributed by atoms with Gasteiger partial charge in [0.1, 0.15) is 108 Å². The van der Waals surface area contributed by atoms with Crippen LogP contribution >= 0.6 is 44.7 Å². The number of nitrogens with one attached hydrogen (secondary N) is 16. The number of ether oxygens (including phenoxy) is 2. The quantitative estimate of drug-likeness (QED) is 0.0124. The normalized spacial score (nSPS) is 24.0. The highest BCUT2D eigenvalue weighted by molar-refractivity contribution is 8.76. The molecule has 6 heterocycles. The van der Waals surface area contributed by atoms with Gasteiger partial charge in [-0.25, -0.2) is 19.4 Å². The van der Waals surface area contributed by atoms with E-state index in [9.17, 15) is 137 Å². The number of phenolic OH excluding ortho intramolecular Hbond substituents is 2. The fourth-order valence-corrected chi connectivity index (χ4v) is 19.8. The van der Waals surface area contributed by atoms with E-state index in [-0.39, 0.29) is 64.1 Å². The molecule has 0 unspecified atom stereocenters. The number of amides is 17. The van der Waals surface area contributed by atoms with E-state index in [4.69, 9.17) is 21.9 Å². The number of imidazole rings is 1. The SMILES string of the molecule is CC(C)[C@@H]1NC(=O)[C@H](CC(N)=O)NC(=O)[C@H](Cc2ccc(O)cc2)NC(=O)[C@H](Cc2c[nH]c3ccccc23)NC(=O)[C@H](CC(=O)O)NC(=O)[C@H](Cc2ccc(O)cc2)NC(=O)[C@H](CC(=O)O)NC(=O)[C@H](Cc2ccccc2)NC(=O)[C@H](CO)NC(=O)[C@H](Cc2c[nH]cn2)NC(=O)[C@H](C(C)C)NC(=O)[C@H](CO)NC(=O)[C@@H](N)CSSC[C@@H](C(=O)O)NC1=O.CO[C@@]1(NC(=O)Cc2cccs2)C(=O)N2C(C(=O)O)=C(COC(N)=O)CS[C@@H]21. The lowest BCUT2D eigenvalue weighted by atomic mass is 9.98. The number of hydrogen-bond acceptors (Lipinski definition) is 33. The second-order valence-electron chi connectivity index (χ2n) is 35.1. The average Bonchev–Trinajstić information content (AvgIpc) is 0.778. The van der Waals surface area contributed by atoms with Gasteiger partial charge in [0, 0.05) is 90.2 Å². The Morgan fingerprint density at radius 1 is 0.493 bits per heavy atom. The summed E-state index contributed by atoms with van der Waals surface area (Å²) in [4.78, 5) is 299. The molecule has 3 aliphatic rings. The first-order chi connectivity index (χ1) is 71.2. The van der Waals surface area contributed by atoms with Crippen LogP contribution < -0.4 is 91.6 Å². The number of H-pyrrole nitrogens is 2. The predicted molar refractivity (Wildman–Crippen MR) is 535 cm³/mol. The third-order valence-electron chi connectivity index (χ3n) is 23.2. The molecule has 806 valence electrons. The fourth-order valence-electron chi connectivity index (χ4n) is 15.4. The summed E-state index contributed by atoms with van der Waals surface area (Å²) in [5.74, 6) is -27.4. The second-order valence-corrected chi connectivity index (χ2v) is 39.7. The van der Waals surface area contributed by atoms with Crippen molar-refractivity contribution in [3.05, 3.63) is 183 Å². The Labute approximate surface area is 869 Å². The summed E-state index contributed by atoms with van der Waals surface area (Å²) in [5.41, 5.74) is 16.7. The second kappa shape index (κ2) is 55.8. The number of benzene rings is 4. The number of carbonyl (C=O) groups is 21. The van der Waals surface area contributed by atoms with Crippen molar-refractivity contribution in [2.75, 3.05) is 44.2 Å². The number of aliphatic hydroxyl groups is 2. The molecule has 7 aromatic rings. The number of carbonyl (C=O) groups excluding carboxylic acids is 17. The average molecular weight is 2160 g/mol. The van der Waals surface area contributed by atoms with Crippen molar-refractivity contribution in [1.29, 1.82) is 0 Å². The largest absolute Gasteiger partial charge is 0.508 e. The van der Waals surface area contributed by atoms with Crippen LogP contribution in [0, 0.1) is 11.8 Å². The number of nitrogens with zero attached hydrogens (tertiary/aromatic N) is 2. The smallest absolute Gasteiger partial charge is 0.404 e. The molecule has 3 aromatic heterocycles. The maximum absolute atomic E-state index is 15.2. The molecule has 30 N–H and O–H groups in total. The Bertz CT molecular complexity index is 6080. The summed E-state index contributed by atoms with van der Waals surface area (Å²) in [6.07, 6.45) is -2.92. The lowest BCUT2D eigenvalue weighted by molar-refractivity contribution is -0.192. The number of aromatic hydroxyl groups is 2. The Balaban J connectivity index is 0.000000761. The van der Waals surface area contributed by atoms with Crippen molar-refractivity contribution >= 4 is 180 Å². The van der Waals surface area contributed by atoms with Gasteiger partial charge in [-0.1, -0.05) is 128 Å². The number of para-hydroxylation sites is 1. The van der Waals surface area contributed by atoms with Gasteiger partial charge < -0.3 is 152 Å². The number of primary amides is 2. The minimum atomic E-state index is -2.21. The number of methoxy groups -OCH3 is 1. The van der Waals surface area contributed by atoms with Crippen LogP contribution in [0.3, 0.4) is 0 Å². The van der Waals surface area contributed by atoms with Crippen molar-refractivity contribution < 1.29 is 151 Å². The van der Waals surface area contributed by atoms with Crippen LogP contribution in [0.15, 0.2) is 151 Å². The first kappa shape index (κ1) is 118. The molecule has 0 bridgehead atoms. The molecule has 0 radical (unpaired) electrons. The standard InChI is InChI=1S/C78H98N18O24S2.C16H17N3O7S2/c1-37(2)63-76(117)91-53(26-43-31-81-36-83-43)70(111)93-57(32-97)74(115)86-49(22-39-10-6-5-7-11-39)67(108)89-55(28-61(102)103)71(112)85-51(24-41-16-20-45(100)21-17-41)68(109)90-56(29-62(104)105)72(113)87-52(25-42-30-82-48-13-9-8-12-46(42)48)69(110)84-50(23-40-14-18-44(99)19-15-40)66(107)88-54(27-60(80)101)73(114)95-64(38(3)4)77(118)94-59(78(119)120)35-122-121-34-47(79)65(106)92-58(33-98)75(116)96-63;1-25-16(18-10(20)5-9-3-2-4-27-9)13(23)19-11(12(21)22)8(6-26-15(17)24)7-28-14(16)19/h5-21,30-31,36-38,47,49-59,63-64,82,97-100H,22-29,32-35,79H2,1-4H3,(H2,80,101)(H,81,83)(H,84,110)(H,85,112)(H,86,115)(H,87,113)(H,88,107)(H,89,108)(H,90,109)(H,91,117)(H,92,106)(H,93,111)(H,94,118)(H,95,114)(H,96,116)(H,102,103)(H,104,105)(H,119,120);2-4,14H,5-7H2,1H3,(H2,17,24)(H,18,20)(H,21,22)/t47-,49-,50-,51-,52-,53-,54-,55-,56-,57-,58-,59-,63-,64-;14-,16+/m01/s1. The number of hydrogen-bond donors (Lipinski definition) is 27. The van der Waals surface area contributed by atoms with Crippen molar-refractivity contribution in [1.82, 2.24) is 94.3 Å². The molecule has 0 aliphatic carbocycles. The Morgan fingerprint density at radius 3 is 1.39 bits per heavy atom. The molecule has 17 amide bonds. The van der Waals surface area contributed by atoms with Crippen LogP contribution in [-0.4, -0.2) is 325 Å². The highest BCUT2D eigenvalue weighted by atomic mass is 33.1. The minimum absolute atomic E-state index is 0.0762. The van der Waals surface area contributed by atoms with E-state index in [2.05, 4.69) is 94.1 Å². The summed E-state index contributed by atoms with van der Waals surface area (Å²) in [5, 5.41) is 117. The number of aromatic nitrogens is 3. The zero-order valence-corrected chi connectivity index (χ0v) is 84.2. The molecule has 3 aliphatic heterocycles. The van der Waals surface area contributed by atoms with Crippen molar-refractivity contribution in [3.63, 3.8) is 0 Å². The fraction of sp³-hybridized carbons (Fsp3) is 0.404. The van der Waals surface area contributed by atoms with Crippen LogP contribution in [0.1, 0.15) is 79.8 Å². The highest BCUT2D eigenvalue weighted by Crippen LogP contribution is 2.47. The lowest BCUT2D eigenvalue weighted by Gasteiger charge is -2.55. The first-order valence-corrected chi connectivity index (χ1v) is 50.6. The van der Waals surface area contributed by atoms with Gasteiger partial charge in [0.25, 0.3) is 11.6 Å². The van der Waals surface area contributed by atoms with E-state index in [1.165, 1.54) is 137 Å². The summed E-state index contributed by atoms with van der Waals surface area (Å²) >= 11 is 2.60. The molecule has 10 rings (SSSR count). The third-order valence-corrected chi connectivity index (χ3v) is 27.9. The summed E-state index contributed by atoms with van der Waals surface area (Å²) in [6, 6.07) is 2.21. The minimum Gasteiger partial charge on any atom is -0.508 e. The molecule has 52 nitrogen and oxygen atoms in total. The van der Waals surface area contributed by atoms with Gasteiger partial charge in [0.05, 0.1) is 57.0 Å². The molecular weight excluding hydrogens is 2050 g/mol. The topological polar surface area (TPSA) is 833 Å². The first-order valence-electron chi connectivity index (χ1n) is 46.2. The van der Waals surface area contributed by atoms with Crippen LogP contribution in [0.2, 0.25) is 0 Å². The van der Waals surface area contributed by atoms with E-state index in [0.717, 1.165) is 31.4 Å². The predicted octanol–water partition coefficient (Wildman–Crippen LogP) is -4.86. The summed E-state index contributed by atoms with van der Waals surface area (Å²) < 4.78 is 10.0. The zero-order chi connectivity index (χ0) is 110. The molecular formula is C94H115N21O31S4. The van der Waals surface area contributed by atoms with Gasteiger partial charge in [-0.2, -0.15) is 0 Å². The highest BCUT2D eigenvalue weighted by Gasteiger charge is 2.67. The maximum Gasteiger partial charge on any atom is 0.404 e. The van der Waals surface area contributed by atoms with E-state index in [1.807, 2.05) is 11.4 Å². The Kier molecular flexibility index (Phi) is 43.9. The number of β-lactam (4-membered cyclic amide) rings is 1. The molecule has 0 saturated carbocycles. The number of aliphatic carboxylic acids is 4. The number of rotatable bonds is 28. The number of nitrogens with two attached hydrogens (primary N) is 3. The molecule has 2 saturated heterocycles. The van der Waals surface area contributed by atoms with E-state index < -0.39 is 302 Å². The molecule has 2 fully saturated rings. The number of aromatic amines is 2. The van der Waals surface area contributed by atoms with Crippen molar-refractivity contribution in [3.8, 4) is 11.5 Å². The van der Waals surface area contributed by atoms with E-state index >= 15 is 4.79 Å². The van der Waals surface area contributed by atoms with Crippen molar-refractivity contribution in [2.24, 2.45) is 29.0 Å². The Hall–Kier alpha value is -15.8. The van der Waals surface area contributed by atoms with Gasteiger partial charge in [-0.15, -0.1) is 23.1 Å². The summed E-state index contributed by atoms with van der Waals surface area (Å²) in [7, 11) is 2.92. The maximum atomic E-state index is 15.2. The zero-order valence-electron chi connectivity index (χ0n) is 80.9. The van der Waals surface area contributed by atoms with Crippen LogP contribution in [0.25, 0.3) is 10.9 Å². The lowest BCUT2D eigenvalue weighted by Crippen LogP contribution is -2.80. The van der Waals surface area contributed by atoms with Crippen LogP contribution in [0.4, 0.5) is 4.79 Å². The van der Waals surface area contributed by atoms with E-state index in [0.29, 0.717) is 22.0 Å². The van der Waals surface area contributed by atoms with Gasteiger partial charge in [0.2, 0.25) is 88.6 Å². The number of fused-ring (bicyclic) bond motifs is 2. The number of carboxylic acid groups (broad SMARTS) is 4. The number of aliphatic hydroxyl groups excluding tert-OH is 2.